The Hall–Kier alpha value is -3.00. The van der Waals surface area contributed by atoms with Gasteiger partial charge in [-0.2, -0.15) is 4.57 Å². The molecule has 8 nitrogen and oxygen atoms in total. The van der Waals surface area contributed by atoms with Crippen molar-refractivity contribution < 1.29 is 14.7 Å². The summed E-state index contributed by atoms with van der Waals surface area (Å²) in [5.74, 6) is -1.83. The predicted octanol–water partition coefficient (Wildman–Crippen LogP) is -0.109. The Morgan fingerprint density at radius 2 is 1.79 bits per heavy atom. The van der Waals surface area contributed by atoms with E-state index in [4.69, 9.17) is 10.8 Å². The molecule has 3 N–H and O–H groups in total. The van der Waals surface area contributed by atoms with Crippen molar-refractivity contribution in [3.63, 3.8) is 0 Å². The number of carboxylic acid groups (broad SMARTS) is 1. The van der Waals surface area contributed by atoms with Gasteiger partial charge in [-0.05, 0) is 25.0 Å². The van der Waals surface area contributed by atoms with Gasteiger partial charge >= 0.3 is 11.7 Å². The summed E-state index contributed by atoms with van der Waals surface area (Å²) in [5.41, 5.74) is 4.15. The van der Waals surface area contributed by atoms with Gasteiger partial charge in [0.25, 0.3) is 11.5 Å². The number of carboxylic acids is 1. The second-order valence-corrected chi connectivity index (χ2v) is 5.22. The lowest BCUT2D eigenvalue weighted by molar-refractivity contribution is -0.138. The van der Waals surface area contributed by atoms with Gasteiger partial charge in [0.15, 0.2) is 0 Å². The lowest BCUT2D eigenvalue weighted by Crippen LogP contribution is -2.43. The first-order chi connectivity index (χ1) is 11.4. The largest absolute Gasteiger partial charge is 0.480 e. The Labute approximate surface area is 136 Å². The highest BCUT2D eigenvalue weighted by molar-refractivity contribution is 5.95. The van der Waals surface area contributed by atoms with E-state index in [2.05, 4.69) is 0 Å². The number of hydrogen-bond donors (Lipinski definition) is 2. The van der Waals surface area contributed by atoms with Crippen LogP contribution >= 0.6 is 0 Å². The fourth-order valence-corrected chi connectivity index (χ4v) is 2.19. The van der Waals surface area contributed by atoms with Gasteiger partial charge in [-0.1, -0.05) is 18.2 Å². The average Bonchev–Trinajstić information content (AvgIpc) is 2.57. The van der Waals surface area contributed by atoms with Crippen LogP contribution in [-0.2, 0) is 11.3 Å². The van der Waals surface area contributed by atoms with Crippen LogP contribution in [0.2, 0.25) is 0 Å². The van der Waals surface area contributed by atoms with Crippen molar-refractivity contribution in [2.24, 2.45) is 5.73 Å². The number of nitrogens with zero attached hydrogens (tertiary/aromatic N) is 2. The van der Waals surface area contributed by atoms with E-state index >= 15 is 0 Å². The van der Waals surface area contributed by atoms with Crippen LogP contribution in [0.1, 0.15) is 23.2 Å². The third-order valence-corrected chi connectivity index (χ3v) is 3.51. The molecule has 1 aromatic heterocycles. The molecule has 0 radical (unpaired) electrons. The summed E-state index contributed by atoms with van der Waals surface area (Å²) in [6.45, 7) is 0.155. The van der Waals surface area contributed by atoms with Crippen LogP contribution in [0.3, 0.4) is 0 Å². The van der Waals surface area contributed by atoms with Crippen molar-refractivity contribution >= 4 is 11.9 Å². The van der Waals surface area contributed by atoms with Crippen LogP contribution in [-0.4, -0.2) is 32.2 Å². The highest BCUT2D eigenvalue weighted by Gasteiger charge is 2.16. The molecular weight excluding hydrogens is 314 g/mol. The smallest absolute Gasteiger partial charge is 0.338 e. The molecule has 2 aromatic rings. The summed E-state index contributed by atoms with van der Waals surface area (Å²) in [5, 5.41) is 8.73. The third-order valence-electron chi connectivity index (χ3n) is 3.51. The van der Waals surface area contributed by atoms with E-state index < -0.39 is 29.2 Å². The van der Waals surface area contributed by atoms with E-state index in [0.29, 0.717) is 11.0 Å². The molecule has 24 heavy (non-hydrogen) atoms. The zero-order valence-corrected chi connectivity index (χ0v) is 12.8. The maximum atomic E-state index is 12.4. The summed E-state index contributed by atoms with van der Waals surface area (Å²) in [7, 11) is 0. The molecule has 1 aromatic carbocycles. The van der Waals surface area contributed by atoms with E-state index in [1.54, 1.807) is 18.2 Å². The Bertz CT molecular complexity index is 854. The first-order valence-corrected chi connectivity index (χ1v) is 7.32. The molecule has 0 aliphatic rings. The Balaban J connectivity index is 2.25. The molecule has 0 spiro atoms. The third kappa shape index (κ3) is 3.85. The minimum atomic E-state index is -1.12. The maximum absolute atomic E-state index is 12.4. The molecule has 0 aliphatic heterocycles. The molecule has 0 unspecified atom stereocenters. The molecule has 0 saturated heterocycles. The summed E-state index contributed by atoms with van der Waals surface area (Å²) in [6, 6.07) is 8.11. The van der Waals surface area contributed by atoms with Crippen LogP contribution in [0, 0.1) is 0 Å². The SMILES string of the molecule is N[C@@H](CCCn1ccc(=O)n(C(=O)c2ccccc2)c1=O)C(=O)O. The summed E-state index contributed by atoms with van der Waals surface area (Å²) < 4.78 is 1.75. The van der Waals surface area contributed by atoms with Gasteiger partial charge in [-0.3, -0.25) is 14.4 Å². The van der Waals surface area contributed by atoms with Crippen molar-refractivity contribution in [2.45, 2.75) is 25.4 Å². The summed E-state index contributed by atoms with van der Waals surface area (Å²) >= 11 is 0. The van der Waals surface area contributed by atoms with Crippen molar-refractivity contribution in [3.8, 4) is 0 Å². The van der Waals surface area contributed by atoms with Crippen LogP contribution in [0.4, 0.5) is 0 Å². The van der Waals surface area contributed by atoms with Crippen molar-refractivity contribution in [3.05, 3.63) is 69.0 Å². The highest BCUT2D eigenvalue weighted by Crippen LogP contribution is 2.00. The van der Waals surface area contributed by atoms with Gasteiger partial charge in [0.2, 0.25) is 0 Å². The topological polar surface area (TPSA) is 124 Å². The standard InChI is InChI=1S/C16H17N3O5/c17-12(15(22)23)7-4-9-18-10-8-13(20)19(16(18)24)14(21)11-5-2-1-3-6-11/h1-3,5-6,8,10,12H,4,7,9,17H2,(H,22,23)/t12-/m0/s1. The molecule has 0 saturated carbocycles. The lowest BCUT2D eigenvalue weighted by Gasteiger charge is -2.10. The Morgan fingerprint density at radius 1 is 1.12 bits per heavy atom. The molecule has 1 atom stereocenters. The summed E-state index contributed by atoms with van der Waals surface area (Å²) in [4.78, 5) is 47.3. The molecular formula is C16H17N3O5. The number of benzene rings is 1. The minimum absolute atomic E-state index is 0.155. The van der Waals surface area contributed by atoms with Crippen LogP contribution in [0.5, 0.6) is 0 Å². The van der Waals surface area contributed by atoms with Gasteiger partial charge in [-0.15, -0.1) is 0 Å². The van der Waals surface area contributed by atoms with Crippen molar-refractivity contribution in [1.82, 2.24) is 9.13 Å². The number of rotatable bonds is 6. The van der Waals surface area contributed by atoms with Gasteiger partial charge in [0.05, 0.1) is 0 Å². The van der Waals surface area contributed by atoms with Gasteiger partial charge in [-0.25, -0.2) is 4.79 Å². The number of aromatic nitrogens is 2. The molecule has 0 amide bonds. The molecule has 8 heteroatoms. The van der Waals surface area contributed by atoms with Crippen molar-refractivity contribution in [1.29, 1.82) is 0 Å². The number of aryl methyl sites for hydroxylation is 1. The zero-order chi connectivity index (χ0) is 17.7. The van der Waals surface area contributed by atoms with E-state index in [1.165, 1.54) is 22.9 Å². The highest BCUT2D eigenvalue weighted by atomic mass is 16.4. The molecule has 2 rings (SSSR count). The summed E-state index contributed by atoms with van der Waals surface area (Å²) in [6.07, 6.45) is 1.78. The first kappa shape index (κ1) is 17.4. The molecule has 1 heterocycles. The molecule has 0 aliphatic carbocycles. The average molecular weight is 331 g/mol. The lowest BCUT2D eigenvalue weighted by atomic mass is 10.2. The molecule has 126 valence electrons. The predicted molar refractivity (Wildman–Crippen MR) is 86.0 cm³/mol. The van der Waals surface area contributed by atoms with E-state index in [1.807, 2.05) is 0 Å². The second-order valence-electron chi connectivity index (χ2n) is 5.22. The zero-order valence-electron chi connectivity index (χ0n) is 12.8. The fourth-order valence-electron chi connectivity index (χ4n) is 2.19. The Kier molecular flexibility index (Phi) is 5.43. The Morgan fingerprint density at radius 3 is 2.42 bits per heavy atom. The fraction of sp³-hybridized carbons (Fsp3) is 0.250. The number of carbonyl (C=O) groups is 2. The van der Waals surface area contributed by atoms with Crippen LogP contribution < -0.4 is 17.0 Å². The molecule has 0 bridgehead atoms. The van der Waals surface area contributed by atoms with Gasteiger partial charge in [0, 0.05) is 24.4 Å². The quantitative estimate of drug-likeness (QED) is 0.761. The van der Waals surface area contributed by atoms with E-state index in [-0.39, 0.29) is 18.5 Å². The number of hydrogen-bond acceptors (Lipinski definition) is 5. The maximum Gasteiger partial charge on any atom is 0.338 e. The number of aliphatic carboxylic acids is 1. The minimum Gasteiger partial charge on any atom is -0.480 e. The van der Waals surface area contributed by atoms with E-state index in [9.17, 15) is 19.2 Å². The van der Waals surface area contributed by atoms with Crippen LogP contribution in [0.25, 0.3) is 0 Å². The second kappa shape index (κ2) is 7.51. The van der Waals surface area contributed by atoms with Gasteiger partial charge < -0.3 is 15.4 Å². The van der Waals surface area contributed by atoms with Gasteiger partial charge in [0.1, 0.15) is 6.04 Å². The van der Waals surface area contributed by atoms with Crippen LogP contribution in [0.15, 0.2) is 52.2 Å². The first-order valence-electron chi connectivity index (χ1n) is 7.32. The number of nitrogens with two attached hydrogens (primary N) is 1. The normalized spacial score (nSPS) is 11.9. The van der Waals surface area contributed by atoms with Crippen molar-refractivity contribution in [2.75, 3.05) is 0 Å². The van der Waals surface area contributed by atoms with E-state index in [0.717, 1.165) is 6.07 Å². The monoisotopic (exact) mass is 331 g/mol. The number of carbonyl (C=O) groups excluding carboxylic acids is 1. The molecule has 0 fully saturated rings.